The minimum absolute atomic E-state index is 0.469. The quantitative estimate of drug-likeness (QED) is 0.583. The van der Waals surface area contributed by atoms with Crippen molar-refractivity contribution in [2.75, 3.05) is 26.7 Å². The number of nitrogens with one attached hydrogen (secondary N) is 1. The molecule has 0 atom stereocenters. The zero-order chi connectivity index (χ0) is 15.0. The van der Waals surface area contributed by atoms with E-state index in [1.807, 2.05) is 5.51 Å². The summed E-state index contributed by atoms with van der Waals surface area (Å²) in [5.41, 5.74) is 3.62. The molecule has 4 heteroatoms. The first-order valence-corrected chi connectivity index (χ1v) is 9.45. The molecule has 0 aliphatic heterocycles. The Morgan fingerprint density at radius 3 is 2.67 bits per heavy atom. The van der Waals surface area contributed by atoms with Gasteiger partial charge in [0.2, 0.25) is 0 Å². The van der Waals surface area contributed by atoms with E-state index in [9.17, 15) is 0 Å². The molecule has 21 heavy (non-hydrogen) atoms. The molecule has 3 nitrogen and oxygen atoms in total. The number of thiazole rings is 1. The van der Waals surface area contributed by atoms with E-state index >= 15 is 0 Å². The average molecular weight is 310 g/mol. The molecule has 2 rings (SSSR count). The topological polar surface area (TPSA) is 28.2 Å². The Bertz CT molecular complexity index is 369. The molecule has 0 amide bonds. The van der Waals surface area contributed by atoms with Gasteiger partial charge in [0.25, 0.3) is 0 Å². The molecule has 0 aromatic carbocycles. The van der Waals surface area contributed by atoms with Gasteiger partial charge in [0.15, 0.2) is 0 Å². The average Bonchev–Trinajstić information content (AvgIpc) is 2.85. The molecule has 0 radical (unpaired) electrons. The van der Waals surface area contributed by atoms with Crippen molar-refractivity contribution in [1.29, 1.82) is 0 Å². The van der Waals surface area contributed by atoms with Crippen molar-refractivity contribution >= 4 is 11.3 Å². The molecule has 1 aliphatic carbocycles. The third kappa shape index (κ3) is 5.68. The lowest BCUT2D eigenvalue weighted by molar-refractivity contribution is 0.141. The van der Waals surface area contributed by atoms with E-state index in [0.29, 0.717) is 5.41 Å². The molecular formula is C17H31N3S. The van der Waals surface area contributed by atoms with Gasteiger partial charge < -0.3 is 5.32 Å². The molecule has 1 aromatic rings. The van der Waals surface area contributed by atoms with Crippen LogP contribution in [0, 0.1) is 5.41 Å². The van der Waals surface area contributed by atoms with Crippen LogP contribution in [-0.4, -0.2) is 36.6 Å². The Morgan fingerprint density at radius 1 is 1.29 bits per heavy atom. The van der Waals surface area contributed by atoms with Crippen LogP contribution in [0.4, 0.5) is 0 Å². The zero-order valence-corrected chi connectivity index (χ0v) is 14.6. The maximum absolute atomic E-state index is 4.43. The highest BCUT2D eigenvalue weighted by Gasteiger charge is 2.31. The minimum Gasteiger partial charge on any atom is -0.316 e. The maximum atomic E-state index is 4.43. The largest absolute Gasteiger partial charge is 0.316 e. The summed E-state index contributed by atoms with van der Waals surface area (Å²) in [6.07, 6.45) is 9.63. The highest BCUT2D eigenvalue weighted by Crippen LogP contribution is 2.35. The summed E-state index contributed by atoms with van der Waals surface area (Å²) in [5.74, 6) is 0. The molecule has 1 fully saturated rings. The Kier molecular flexibility index (Phi) is 7.14. The van der Waals surface area contributed by atoms with Crippen LogP contribution in [-0.2, 0) is 6.54 Å². The first kappa shape index (κ1) is 16.9. The zero-order valence-electron chi connectivity index (χ0n) is 13.7. The van der Waals surface area contributed by atoms with Gasteiger partial charge in [-0.2, -0.15) is 0 Å². The van der Waals surface area contributed by atoms with Gasteiger partial charge in [-0.25, -0.2) is 4.98 Å². The van der Waals surface area contributed by atoms with Gasteiger partial charge in [-0.05, 0) is 38.3 Å². The van der Waals surface area contributed by atoms with Crippen molar-refractivity contribution in [2.24, 2.45) is 5.41 Å². The van der Waals surface area contributed by atoms with Crippen LogP contribution >= 0.6 is 11.3 Å². The second-order valence-corrected chi connectivity index (χ2v) is 7.46. The van der Waals surface area contributed by atoms with Gasteiger partial charge in [-0.1, -0.05) is 32.6 Å². The Labute approximate surface area is 134 Å². The van der Waals surface area contributed by atoms with Crippen molar-refractivity contribution in [2.45, 2.75) is 58.4 Å². The fraction of sp³-hybridized carbons (Fsp3) is 0.824. The minimum atomic E-state index is 0.469. The normalized spacial score (nSPS) is 18.8. The Hall–Kier alpha value is -0.450. The number of aromatic nitrogens is 1. The van der Waals surface area contributed by atoms with Crippen LogP contribution in [0.3, 0.4) is 0 Å². The van der Waals surface area contributed by atoms with Crippen molar-refractivity contribution in [3.05, 3.63) is 16.6 Å². The van der Waals surface area contributed by atoms with Gasteiger partial charge in [-0.3, -0.25) is 4.90 Å². The molecule has 1 N–H and O–H groups in total. The van der Waals surface area contributed by atoms with Crippen LogP contribution in [0.15, 0.2) is 10.9 Å². The van der Waals surface area contributed by atoms with Crippen LogP contribution < -0.4 is 5.32 Å². The maximum Gasteiger partial charge on any atom is 0.0795 e. The summed E-state index contributed by atoms with van der Waals surface area (Å²) in [6, 6.07) is 0. The summed E-state index contributed by atoms with van der Waals surface area (Å²) in [4.78, 5) is 6.91. The van der Waals surface area contributed by atoms with Crippen molar-refractivity contribution in [3.8, 4) is 0 Å². The smallest absolute Gasteiger partial charge is 0.0795 e. The molecule has 1 aliphatic rings. The van der Waals surface area contributed by atoms with Gasteiger partial charge in [0.05, 0.1) is 11.2 Å². The highest BCUT2D eigenvalue weighted by atomic mass is 32.1. The van der Waals surface area contributed by atoms with Crippen LogP contribution in [0.5, 0.6) is 0 Å². The van der Waals surface area contributed by atoms with E-state index in [1.54, 1.807) is 11.3 Å². The molecular weight excluding hydrogens is 278 g/mol. The molecule has 0 bridgehead atoms. The van der Waals surface area contributed by atoms with E-state index in [1.165, 1.54) is 63.7 Å². The lowest BCUT2D eigenvalue weighted by Crippen LogP contribution is -2.43. The first-order valence-electron chi connectivity index (χ1n) is 8.50. The predicted molar refractivity (Wildman–Crippen MR) is 91.7 cm³/mol. The van der Waals surface area contributed by atoms with E-state index in [-0.39, 0.29) is 0 Å². The lowest BCUT2D eigenvalue weighted by Gasteiger charge is -2.37. The fourth-order valence-corrected chi connectivity index (χ4v) is 4.17. The van der Waals surface area contributed by atoms with E-state index in [4.69, 9.17) is 0 Å². The number of hydrogen-bond acceptors (Lipinski definition) is 4. The van der Waals surface area contributed by atoms with E-state index < -0.39 is 0 Å². The fourth-order valence-electron chi connectivity index (χ4n) is 3.62. The van der Waals surface area contributed by atoms with Gasteiger partial charge in [0.1, 0.15) is 0 Å². The van der Waals surface area contributed by atoms with Gasteiger partial charge >= 0.3 is 0 Å². The first-order chi connectivity index (χ1) is 10.2. The van der Waals surface area contributed by atoms with Gasteiger partial charge in [0, 0.05) is 25.0 Å². The Morgan fingerprint density at radius 2 is 2.05 bits per heavy atom. The molecule has 1 aromatic heterocycles. The lowest BCUT2D eigenvalue weighted by atomic mass is 9.79. The summed E-state index contributed by atoms with van der Waals surface area (Å²) in [6.45, 7) is 6.77. The second-order valence-electron chi connectivity index (χ2n) is 6.74. The van der Waals surface area contributed by atoms with Crippen LogP contribution in [0.25, 0.3) is 0 Å². The summed E-state index contributed by atoms with van der Waals surface area (Å²) in [5, 5.41) is 5.87. The SMILES string of the molecule is CCCNCC1(CN(C)Cc2cscn2)CCCCCC1. The van der Waals surface area contributed by atoms with Crippen LogP contribution in [0.2, 0.25) is 0 Å². The van der Waals surface area contributed by atoms with Crippen molar-refractivity contribution in [3.63, 3.8) is 0 Å². The number of rotatable bonds is 8. The van der Waals surface area contributed by atoms with E-state index in [0.717, 1.165) is 13.1 Å². The second kappa shape index (κ2) is 8.86. The van der Waals surface area contributed by atoms with Crippen molar-refractivity contribution in [1.82, 2.24) is 15.2 Å². The molecule has 0 spiro atoms. The summed E-state index contributed by atoms with van der Waals surface area (Å²) < 4.78 is 0. The molecule has 120 valence electrons. The molecule has 1 saturated carbocycles. The van der Waals surface area contributed by atoms with Gasteiger partial charge in [-0.15, -0.1) is 11.3 Å². The Balaban J connectivity index is 1.93. The van der Waals surface area contributed by atoms with Crippen LogP contribution in [0.1, 0.15) is 57.6 Å². The molecule has 0 unspecified atom stereocenters. The number of hydrogen-bond donors (Lipinski definition) is 1. The highest BCUT2D eigenvalue weighted by molar-refractivity contribution is 7.07. The van der Waals surface area contributed by atoms with E-state index in [2.05, 4.69) is 34.6 Å². The summed E-state index contributed by atoms with van der Waals surface area (Å²) in [7, 11) is 2.26. The molecule has 0 saturated heterocycles. The third-order valence-electron chi connectivity index (χ3n) is 4.61. The third-order valence-corrected chi connectivity index (χ3v) is 5.25. The predicted octanol–water partition coefficient (Wildman–Crippen LogP) is 3.92. The monoisotopic (exact) mass is 309 g/mol. The number of nitrogens with zero attached hydrogens (tertiary/aromatic N) is 2. The van der Waals surface area contributed by atoms with Crippen molar-refractivity contribution < 1.29 is 0 Å². The molecule has 1 heterocycles. The standard InChI is InChI=1S/C17H31N3S/c1-3-10-18-13-17(8-6-4-5-7-9-17)14-20(2)11-16-12-21-15-19-16/h12,15,18H,3-11,13-14H2,1-2H3. The summed E-state index contributed by atoms with van der Waals surface area (Å²) >= 11 is 1.70.